The van der Waals surface area contributed by atoms with E-state index in [2.05, 4.69) is 75.9 Å². The van der Waals surface area contributed by atoms with Crippen LogP contribution in [0.3, 0.4) is 0 Å². The zero-order chi connectivity index (χ0) is 13.1. The van der Waals surface area contributed by atoms with E-state index < -0.39 is 0 Å². The highest BCUT2D eigenvalue weighted by atomic mass is 14.1. The fraction of sp³-hybridized carbons (Fsp3) is 0.222. The minimum Gasteiger partial charge on any atom is -0.0946 e. The molecule has 0 aliphatic rings. The van der Waals surface area contributed by atoms with E-state index in [1.807, 2.05) is 0 Å². The van der Waals surface area contributed by atoms with Gasteiger partial charge in [0.1, 0.15) is 0 Å². The topological polar surface area (TPSA) is 0 Å². The fourth-order valence-electron chi connectivity index (χ4n) is 2.07. The molecule has 0 fully saturated rings. The third-order valence-electron chi connectivity index (χ3n) is 3.52. The van der Waals surface area contributed by atoms with Gasteiger partial charge in [-0.2, -0.15) is 0 Å². The summed E-state index contributed by atoms with van der Waals surface area (Å²) in [6.45, 7) is 10.7. The zero-order valence-corrected chi connectivity index (χ0v) is 11.4. The van der Waals surface area contributed by atoms with Gasteiger partial charge in [0.05, 0.1) is 0 Å². The van der Waals surface area contributed by atoms with Gasteiger partial charge in [-0.3, -0.25) is 0 Å². The van der Waals surface area contributed by atoms with Crippen molar-refractivity contribution in [1.82, 2.24) is 0 Å². The molecule has 18 heavy (non-hydrogen) atoms. The minimum absolute atomic E-state index is 0.355. The van der Waals surface area contributed by atoms with Crippen LogP contribution in [0.25, 0.3) is 5.57 Å². The quantitative estimate of drug-likeness (QED) is 0.693. The maximum absolute atomic E-state index is 4.25. The molecule has 92 valence electrons. The maximum Gasteiger partial charge on any atom is 0.00610 e. The first-order valence-electron chi connectivity index (χ1n) is 6.40. The van der Waals surface area contributed by atoms with Gasteiger partial charge in [-0.05, 0) is 30.5 Å². The number of benzene rings is 2. The van der Waals surface area contributed by atoms with Crippen LogP contribution in [0.5, 0.6) is 0 Å². The average Bonchev–Trinajstić information content (AvgIpc) is 2.39. The van der Waals surface area contributed by atoms with Crippen molar-refractivity contribution in [3.05, 3.63) is 77.4 Å². The Morgan fingerprint density at radius 2 is 1.28 bits per heavy atom. The number of hydrogen-bond acceptors (Lipinski definition) is 0. The molecule has 1 unspecified atom stereocenters. The van der Waals surface area contributed by atoms with Crippen LogP contribution in [-0.4, -0.2) is 0 Å². The van der Waals surface area contributed by atoms with E-state index in [0.717, 1.165) is 0 Å². The normalized spacial score (nSPS) is 12.2. The maximum atomic E-state index is 4.25. The molecule has 0 aliphatic heterocycles. The molecule has 0 radical (unpaired) electrons. The molecule has 0 aliphatic carbocycles. The molecular weight excluding hydrogens is 216 g/mol. The van der Waals surface area contributed by atoms with Gasteiger partial charge >= 0.3 is 0 Å². The van der Waals surface area contributed by atoms with Crippen molar-refractivity contribution in [3.8, 4) is 0 Å². The van der Waals surface area contributed by atoms with Gasteiger partial charge in [-0.15, -0.1) is 0 Å². The summed E-state index contributed by atoms with van der Waals surface area (Å²) in [5.41, 5.74) is 6.32. The Morgan fingerprint density at radius 1 is 0.833 bits per heavy atom. The van der Waals surface area contributed by atoms with E-state index in [1.54, 1.807) is 0 Å². The second-order valence-corrected chi connectivity index (χ2v) is 5.02. The number of hydrogen-bond donors (Lipinski definition) is 0. The summed E-state index contributed by atoms with van der Waals surface area (Å²) in [5.74, 6) is 0.355. The Morgan fingerprint density at radius 3 is 1.78 bits per heavy atom. The molecule has 0 spiro atoms. The SMILES string of the molecule is C=C(c1ccc(C)cc1)C(C)c1ccc(C)cc1. The Balaban J connectivity index is 2.23. The van der Waals surface area contributed by atoms with Crippen LogP contribution in [-0.2, 0) is 0 Å². The molecule has 0 nitrogen and oxygen atoms in total. The first-order chi connectivity index (χ1) is 8.58. The van der Waals surface area contributed by atoms with E-state index in [4.69, 9.17) is 0 Å². The van der Waals surface area contributed by atoms with Crippen LogP contribution in [0, 0.1) is 13.8 Å². The molecule has 0 bridgehead atoms. The van der Waals surface area contributed by atoms with Gasteiger partial charge in [-0.1, -0.05) is 73.2 Å². The largest absolute Gasteiger partial charge is 0.0946 e. The highest BCUT2D eigenvalue weighted by molar-refractivity contribution is 5.69. The Bertz CT molecular complexity index is 529. The van der Waals surface area contributed by atoms with Crippen LogP contribution < -0.4 is 0 Å². The summed E-state index contributed by atoms with van der Waals surface area (Å²) in [6.07, 6.45) is 0. The van der Waals surface area contributed by atoms with Crippen molar-refractivity contribution in [3.63, 3.8) is 0 Å². The lowest BCUT2D eigenvalue weighted by Gasteiger charge is -2.16. The van der Waals surface area contributed by atoms with E-state index in [0.29, 0.717) is 5.92 Å². The Hall–Kier alpha value is -1.82. The molecule has 2 rings (SSSR count). The molecule has 0 amide bonds. The van der Waals surface area contributed by atoms with Gasteiger partial charge in [0.25, 0.3) is 0 Å². The first-order valence-corrected chi connectivity index (χ1v) is 6.40. The monoisotopic (exact) mass is 236 g/mol. The Kier molecular flexibility index (Phi) is 3.66. The van der Waals surface area contributed by atoms with Crippen molar-refractivity contribution in [2.45, 2.75) is 26.7 Å². The molecule has 1 atom stereocenters. The zero-order valence-electron chi connectivity index (χ0n) is 11.4. The third kappa shape index (κ3) is 2.70. The molecule has 0 heteroatoms. The summed E-state index contributed by atoms with van der Waals surface area (Å²) >= 11 is 0. The van der Waals surface area contributed by atoms with Crippen molar-refractivity contribution in [2.24, 2.45) is 0 Å². The molecule has 0 saturated heterocycles. The predicted octanol–water partition coefficient (Wildman–Crippen LogP) is 5.12. The number of aryl methyl sites for hydroxylation is 2. The van der Waals surface area contributed by atoms with E-state index >= 15 is 0 Å². The lowest BCUT2D eigenvalue weighted by molar-refractivity contribution is 0.990. The van der Waals surface area contributed by atoms with Gasteiger partial charge in [0.2, 0.25) is 0 Å². The first kappa shape index (κ1) is 12.6. The predicted molar refractivity (Wildman–Crippen MR) is 79.8 cm³/mol. The summed E-state index contributed by atoms with van der Waals surface area (Å²) in [5, 5.41) is 0. The summed E-state index contributed by atoms with van der Waals surface area (Å²) in [4.78, 5) is 0. The van der Waals surface area contributed by atoms with Crippen LogP contribution >= 0.6 is 0 Å². The average molecular weight is 236 g/mol. The standard InChI is InChI=1S/C18H20/c1-13-5-9-17(10-6-13)15(3)16(4)18-11-7-14(2)8-12-18/h5-12,16H,3H2,1-2,4H3. The van der Waals surface area contributed by atoms with Gasteiger partial charge in [0, 0.05) is 5.92 Å². The molecular formula is C18H20. The second kappa shape index (κ2) is 5.22. The van der Waals surface area contributed by atoms with Crippen LogP contribution in [0.2, 0.25) is 0 Å². The summed E-state index contributed by atoms with van der Waals surface area (Å²) in [6, 6.07) is 17.3. The smallest absolute Gasteiger partial charge is 0.00610 e. The van der Waals surface area contributed by atoms with Crippen LogP contribution in [0.1, 0.15) is 35.1 Å². The molecule has 2 aromatic rings. The summed E-state index contributed by atoms with van der Waals surface area (Å²) in [7, 11) is 0. The minimum atomic E-state index is 0.355. The molecule has 0 aromatic heterocycles. The molecule has 2 aromatic carbocycles. The van der Waals surface area contributed by atoms with Gasteiger partial charge in [-0.25, -0.2) is 0 Å². The number of rotatable bonds is 3. The number of allylic oxidation sites excluding steroid dienone is 1. The van der Waals surface area contributed by atoms with Crippen molar-refractivity contribution < 1.29 is 0 Å². The lowest BCUT2D eigenvalue weighted by Crippen LogP contribution is -1.96. The second-order valence-electron chi connectivity index (χ2n) is 5.02. The van der Waals surface area contributed by atoms with Crippen LogP contribution in [0.4, 0.5) is 0 Å². The van der Waals surface area contributed by atoms with Gasteiger partial charge in [0.15, 0.2) is 0 Å². The van der Waals surface area contributed by atoms with Crippen molar-refractivity contribution in [2.75, 3.05) is 0 Å². The third-order valence-corrected chi connectivity index (χ3v) is 3.52. The van der Waals surface area contributed by atoms with Crippen LogP contribution in [0.15, 0.2) is 55.1 Å². The summed E-state index contributed by atoms with van der Waals surface area (Å²) < 4.78 is 0. The highest BCUT2D eigenvalue weighted by Crippen LogP contribution is 2.30. The van der Waals surface area contributed by atoms with Crippen molar-refractivity contribution >= 4 is 5.57 Å². The molecule has 0 N–H and O–H groups in total. The van der Waals surface area contributed by atoms with E-state index in [1.165, 1.54) is 27.8 Å². The van der Waals surface area contributed by atoms with Crippen molar-refractivity contribution in [1.29, 1.82) is 0 Å². The molecule has 0 saturated carbocycles. The van der Waals surface area contributed by atoms with E-state index in [9.17, 15) is 0 Å². The molecule has 0 heterocycles. The van der Waals surface area contributed by atoms with Gasteiger partial charge < -0.3 is 0 Å². The van der Waals surface area contributed by atoms with E-state index in [-0.39, 0.29) is 0 Å². The Labute approximate surface area is 110 Å². The highest BCUT2D eigenvalue weighted by Gasteiger charge is 2.10. The fourth-order valence-corrected chi connectivity index (χ4v) is 2.07. The lowest BCUT2D eigenvalue weighted by atomic mass is 9.89.